The lowest BCUT2D eigenvalue weighted by molar-refractivity contribution is -0.141. The van der Waals surface area contributed by atoms with Crippen molar-refractivity contribution in [2.75, 3.05) is 11.3 Å². The van der Waals surface area contributed by atoms with Gasteiger partial charge in [0.1, 0.15) is 5.82 Å². The molecule has 1 aromatic carbocycles. The zero-order valence-electron chi connectivity index (χ0n) is 12.4. The number of rotatable bonds is 5. The largest absolute Gasteiger partial charge is 0.460 e. The Labute approximate surface area is 138 Å². The number of esters is 1. The Morgan fingerprint density at radius 1 is 1.36 bits per heavy atom. The average molecular weight is 382 g/mol. The van der Waals surface area contributed by atoms with Gasteiger partial charge in [-0.05, 0) is 25.1 Å². The fraction of sp³-hybridized carbons (Fsp3) is 0.231. The van der Waals surface area contributed by atoms with Crippen LogP contribution in [0.1, 0.15) is 23.2 Å². The van der Waals surface area contributed by atoms with E-state index in [4.69, 9.17) is 0 Å². The van der Waals surface area contributed by atoms with Gasteiger partial charge in [0.15, 0.2) is 5.69 Å². The molecule has 0 radical (unpaired) electrons. The summed E-state index contributed by atoms with van der Waals surface area (Å²) in [6.07, 6.45) is -5.09. The first-order valence-corrected chi connectivity index (χ1v) is 8.06. The third-order valence-electron chi connectivity index (χ3n) is 2.68. The van der Waals surface area contributed by atoms with Crippen LogP contribution in [0.3, 0.4) is 0 Å². The Kier molecular flexibility index (Phi) is 5.02. The number of alkyl halides is 3. The highest BCUT2D eigenvalue weighted by atomic mass is 32.2. The minimum Gasteiger partial charge on any atom is -0.460 e. The predicted octanol–water partition coefficient (Wildman–Crippen LogP) is 2.81. The lowest BCUT2D eigenvalue weighted by Gasteiger charge is -2.04. The van der Waals surface area contributed by atoms with Crippen LogP contribution in [0, 0.1) is 5.82 Å². The molecule has 1 aromatic heterocycles. The molecule has 2 rings (SSSR count). The van der Waals surface area contributed by atoms with E-state index < -0.39 is 50.4 Å². The number of sulfonamides is 1. The van der Waals surface area contributed by atoms with Gasteiger partial charge in [-0.2, -0.15) is 18.2 Å². The van der Waals surface area contributed by atoms with Crippen molar-refractivity contribution in [2.24, 2.45) is 0 Å². The number of anilines is 1. The van der Waals surface area contributed by atoms with E-state index in [9.17, 15) is 30.8 Å². The van der Waals surface area contributed by atoms with Crippen LogP contribution >= 0.6 is 0 Å². The Balaban J connectivity index is 2.42. The van der Waals surface area contributed by atoms with Gasteiger partial charge in [0.05, 0.1) is 11.5 Å². The molecule has 0 unspecified atom stereocenters. The Morgan fingerprint density at radius 3 is 2.60 bits per heavy atom. The molecule has 1 N–H and O–H groups in total. The van der Waals surface area contributed by atoms with E-state index in [1.54, 1.807) is 4.72 Å². The van der Waals surface area contributed by atoms with Crippen LogP contribution in [-0.4, -0.2) is 26.0 Å². The number of nitrogens with one attached hydrogen (secondary N) is 1. The monoisotopic (exact) mass is 382 g/mol. The summed E-state index contributed by atoms with van der Waals surface area (Å²) in [5.74, 6) is -3.64. The van der Waals surface area contributed by atoms with Crippen molar-refractivity contribution in [3.05, 3.63) is 41.5 Å². The van der Waals surface area contributed by atoms with Gasteiger partial charge in [0.25, 0.3) is 10.0 Å². The second-order valence-corrected chi connectivity index (χ2v) is 6.16. The van der Waals surface area contributed by atoms with Crippen LogP contribution in [0.4, 0.5) is 23.6 Å². The SMILES string of the molecule is CCOC(=O)c1oc(NS(=O)(=O)c2cccc(F)c2)nc1C(F)(F)F. The summed E-state index contributed by atoms with van der Waals surface area (Å²) in [5.41, 5.74) is -1.75. The second kappa shape index (κ2) is 6.70. The molecule has 12 heteroatoms. The molecule has 136 valence electrons. The number of benzene rings is 1. The molecule has 0 aliphatic carbocycles. The van der Waals surface area contributed by atoms with Crippen molar-refractivity contribution in [1.82, 2.24) is 4.98 Å². The molecule has 0 amide bonds. The van der Waals surface area contributed by atoms with E-state index in [0.717, 1.165) is 18.2 Å². The number of nitrogens with zero attached hydrogens (tertiary/aromatic N) is 1. The van der Waals surface area contributed by atoms with Crippen molar-refractivity contribution >= 4 is 22.0 Å². The molecule has 0 saturated carbocycles. The van der Waals surface area contributed by atoms with E-state index in [2.05, 4.69) is 14.1 Å². The second-order valence-electron chi connectivity index (χ2n) is 4.48. The summed E-state index contributed by atoms with van der Waals surface area (Å²) in [7, 11) is -4.49. The fourth-order valence-electron chi connectivity index (χ4n) is 1.70. The molecule has 0 atom stereocenters. The maximum absolute atomic E-state index is 13.1. The summed E-state index contributed by atoms with van der Waals surface area (Å²) < 4.78 is 86.5. The van der Waals surface area contributed by atoms with Gasteiger partial charge in [0.2, 0.25) is 5.76 Å². The van der Waals surface area contributed by atoms with Crippen LogP contribution in [-0.2, 0) is 20.9 Å². The molecule has 2 aromatic rings. The first-order valence-electron chi connectivity index (χ1n) is 6.58. The number of hydrogen-bond acceptors (Lipinski definition) is 6. The van der Waals surface area contributed by atoms with Gasteiger partial charge in [-0.15, -0.1) is 0 Å². The average Bonchev–Trinajstić information content (AvgIpc) is 2.91. The quantitative estimate of drug-likeness (QED) is 0.631. The van der Waals surface area contributed by atoms with Crippen molar-refractivity contribution in [3.8, 4) is 0 Å². The molecular formula is C13H10F4N2O5S. The van der Waals surface area contributed by atoms with E-state index in [1.165, 1.54) is 6.92 Å². The Morgan fingerprint density at radius 2 is 2.04 bits per heavy atom. The molecule has 0 saturated heterocycles. The standard InChI is InChI=1S/C13H10F4N2O5S/c1-2-23-11(20)9-10(13(15,16)17)18-12(24-9)19-25(21,22)8-5-3-4-7(14)6-8/h3-6H,2H2,1H3,(H,18,19). The number of halogens is 4. The van der Waals surface area contributed by atoms with Crippen molar-refractivity contribution in [3.63, 3.8) is 0 Å². The van der Waals surface area contributed by atoms with Gasteiger partial charge in [-0.3, -0.25) is 0 Å². The summed E-state index contributed by atoms with van der Waals surface area (Å²) in [6, 6.07) is 2.60. The Hall–Kier alpha value is -2.63. The highest BCUT2D eigenvalue weighted by Gasteiger charge is 2.42. The van der Waals surface area contributed by atoms with E-state index in [0.29, 0.717) is 6.07 Å². The zero-order valence-corrected chi connectivity index (χ0v) is 13.2. The predicted molar refractivity (Wildman–Crippen MR) is 74.7 cm³/mol. The normalized spacial score (nSPS) is 12.0. The van der Waals surface area contributed by atoms with Crippen LogP contribution in [0.2, 0.25) is 0 Å². The van der Waals surface area contributed by atoms with E-state index in [-0.39, 0.29) is 6.61 Å². The number of hydrogen-bond donors (Lipinski definition) is 1. The molecule has 0 aliphatic rings. The van der Waals surface area contributed by atoms with Crippen molar-refractivity contribution in [1.29, 1.82) is 0 Å². The Bertz CT molecular complexity index is 892. The minimum absolute atomic E-state index is 0.235. The highest BCUT2D eigenvalue weighted by molar-refractivity contribution is 7.92. The molecule has 0 bridgehead atoms. The van der Waals surface area contributed by atoms with Crippen LogP contribution < -0.4 is 4.72 Å². The molecule has 1 heterocycles. The summed E-state index contributed by atoms with van der Waals surface area (Å²) in [6.45, 7) is 1.12. The number of oxazole rings is 1. The number of ether oxygens (including phenoxy) is 1. The maximum Gasteiger partial charge on any atom is 0.437 e. The molecule has 25 heavy (non-hydrogen) atoms. The van der Waals surface area contributed by atoms with Crippen LogP contribution in [0.15, 0.2) is 33.6 Å². The molecule has 0 spiro atoms. The van der Waals surface area contributed by atoms with Crippen molar-refractivity contribution in [2.45, 2.75) is 18.0 Å². The van der Waals surface area contributed by atoms with Gasteiger partial charge in [0, 0.05) is 0 Å². The highest BCUT2D eigenvalue weighted by Crippen LogP contribution is 2.34. The molecule has 7 nitrogen and oxygen atoms in total. The maximum atomic E-state index is 13.1. The first-order chi connectivity index (χ1) is 11.5. The third-order valence-corrected chi connectivity index (χ3v) is 4.00. The third kappa shape index (κ3) is 4.26. The van der Waals surface area contributed by atoms with Gasteiger partial charge in [-0.1, -0.05) is 6.07 Å². The van der Waals surface area contributed by atoms with Crippen molar-refractivity contribution < 1.29 is 39.9 Å². The fourth-order valence-corrected chi connectivity index (χ4v) is 2.66. The first kappa shape index (κ1) is 18.7. The summed E-state index contributed by atoms with van der Waals surface area (Å²) in [5, 5.41) is 0. The number of carbonyl (C=O) groups is 1. The smallest absolute Gasteiger partial charge is 0.437 e. The topological polar surface area (TPSA) is 98.5 Å². The van der Waals surface area contributed by atoms with Gasteiger partial charge >= 0.3 is 18.2 Å². The lowest BCUT2D eigenvalue weighted by atomic mass is 10.3. The van der Waals surface area contributed by atoms with Crippen LogP contribution in [0.5, 0.6) is 0 Å². The van der Waals surface area contributed by atoms with E-state index in [1.807, 2.05) is 0 Å². The van der Waals surface area contributed by atoms with Gasteiger partial charge in [-0.25, -0.2) is 22.3 Å². The zero-order chi connectivity index (χ0) is 18.8. The lowest BCUT2D eigenvalue weighted by Crippen LogP contribution is -2.15. The molecular weight excluding hydrogens is 372 g/mol. The number of carbonyl (C=O) groups excluding carboxylic acids is 1. The summed E-state index contributed by atoms with van der Waals surface area (Å²) >= 11 is 0. The minimum atomic E-state index is -5.09. The number of aromatic nitrogens is 1. The molecule has 0 aliphatic heterocycles. The van der Waals surface area contributed by atoms with Crippen LogP contribution in [0.25, 0.3) is 0 Å². The molecule has 0 fully saturated rings. The summed E-state index contributed by atoms with van der Waals surface area (Å²) in [4.78, 5) is 13.9. The van der Waals surface area contributed by atoms with Gasteiger partial charge < -0.3 is 9.15 Å². The van der Waals surface area contributed by atoms with E-state index >= 15 is 0 Å².